The number of aryl methyl sites for hydroxylation is 1. The highest BCUT2D eigenvalue weighted by atomic mass is 79.9. The van der Waals surface area contributed by atoms with Crippen LogP contribution in [0.2, 0.25) is 35.2 Å². The van der Waals surface area contributed by atoms with Gasteiger partial charge in [-0.1, -0.05) is 137 Å². The number of nitrogens with zero attached hydrogens (tertiary/aromatic N) is 10. The summed E-state index contributed by atoms with van der Waals surface area (Å²) in [5.74, 6) is -4.44. The monoisotopic (exact) mass is 2200 g/mol. The summed E-state index contributed by atoms with van der Waals surface area (Å²) in [6, 6.07) is 51.9. The number of hydrogen-bond donors (Lipinski definition) is 7. The largest absolute Gasteiger partial charge is 0.364 e. The number of rotatable bonds is 27. The molecule has 7 amide bonds. The van der Waals surface area contributed by atoms with E-state index >= 15 is 0 Å². The first-order valence-electron chi connectivity index (χ1n) is 45.5. The molecule has 39 heteroatoms. The number of halogens is 15. The third kappa shape index (κ3) is 31.4. The Kier molecular flexibility index (Phi) is 45.2. The molecule has 1 unspecified atom stereocenters. The molecule has 0 fully saturated rings. The van der Waals surface area contributed by atoms with Gasteiger partial charge in [0.1, 0.15) is 63.5 Å². The standard InChI is InChI=1S/C16H15ClFN3O.3C16H18ClFN2O.C15H13ClFN3O.C14H13BrClFN2O.C14H11ClFN3O/c1-10(2)21-14(7-8-15(21)19-3)16(22)20-9-11-12(17)5-4-6-13(11)18;3*1-10(2)20-9-5-8-14(20)16(21)19-11(3)15-12(17)6-4-7-13(15)18;1-3-20-13(7-8-14(20)18-2)15(21)19-9-10-11(16)5-4-6-12(10)17;1-2-19-12(6-7-13(19)15)14(20)18-8-9-10(16)4-3-5-11(9)17;1-17-9-6-13(19(2)8-9)14(20)18-7-10-11(15)4-3-5-12(10)16/h4-8,10H,9H2,1-2H3,(H,20,22);3*4-11H,1-3H3,(H,19,21);4-8H,3,9H2,1H3,(H,19,21);3-7H,2,8H2,1H3,(H,18,20);3-6,8H,7H2,2H3,(H,18,20)/t;2*11-;;;;/m.10..../s1. The van der Waals surface area contributed by atoms with Gasteiger partial charge in [0.25, 0.3) is 41.4 Å². The first-order chi connectivity index (χ1) is 69.3. The molecular weight excluding hydrogens is 2100 g/mol. The molecule has 0 spiro atoms. The van der Waals surface area contributed by atoms with Crippen LogP contribution < -0.4 is 37.2 Å². The maximum Gasteiger partial charge on any atom is 0.289 e. The molecule has 146 heavy (non-hydrogen) atoms. The summed E-state index contributed by atoms with van der Waals surface area (Å²) in [4.78, 5) is 95.6. The molecule has 24 nitrogen and oxygen atoms in total. The summed E-state index contributed by atoms with van der Waals surface area (Å²) in [5.41, 5.74) is 5.52. The number of nitrogens with one attached hydrogen (secondary N) is 7. The van der Waals surface area contributed by atoms with E-state index in [0.717, 1.165) is 4.60 Å². The lowest BCUT2D eigenvalue weighted by Gasteiger charge is -2.18. The molecule has 0 bridgehead atoms. The molecule has 14 rings (SSSR count). The molecule has 7 N–H and O–H groups in total. The summed E-state index contributed by atoms with van der Waals surface area (Å²) in [6.45, 7) is 46.9. The minimum Gasteiger partial charge on any atom is -0.364 e. The Morgan fingerprint density at radius 1 is 0.322 bits per heavy atom. The molecular formula is C107H106BrCl7F7N17O7. The molecule has 7 aromatic carbocycles. The number of carbonyl (C=O) groups is 7. The average Bonchev–Trinajstić information content (AvgIpc) is 1.67. The number of hydrogen-bond acceptors (Lipinski definition) is 7. The van der Waals surface area contributed by atoms with Crippen LogP contribution >= 0.6 is 97.1 Å². The highest BCUT2D eigenvalue weighted by Crippen LogP contribution is 2.33. The van der Waals surface area contributed by atoms with Crippen molar-refractivity contribution < 1.29 is 64.3 Å². The van der Waals surface area contributed by atoms with E-state index in [1.807, 2.05) is 124 Å². The second kappa shape index (κ2) is 56.1. The Balaban J connectivity index is 0.000000208. The van der Waals surface area contributed by atoms with Gasteiger partial charge in [0.2, 0.25) is 17.3 Å². The van der Waals surface area contributed by atoms with E-state index < -0.39 is 58.8 Å². The topological polar surface area (TPSA) is 251 Å². The molecule has 7 heterocycles. The fourth-order valence-electron chi connectivity index (χ4n) is 14.9. The average molecular weight is 2200 g/mol. The van der Waals surface area contributed by atoms with Crippen molar-refractivity contribution in [3.8, 4) is 0 Å². The first-order valence-corrected chi connectivity index (χ1v) is 48.9. The zero-order chi connectivity index (χ0) is 108. The van der Waals surface area contributed by atoms with Crippen molar-refractivity contribution in [1.29, 1.82) is 0 Å². The lowest BCUT2D eigenvalue weighted by molar-refractivity contribution is 0.0920. The van der Waals surface area contributed by atoms with Crippen LogP contribution in [-0.2, 0) is 46.3 Å². The van der Waals surface area contributed by atoms with Gasteiger partial charge in [0.15, 0.2) is 11.4 Å². The molecule has 0 aliphatic rings. The van der Waals surface area contributed by atoms with Gasteiger partial charge >= 0.3 is 0 Å². The minimum atomic E-state index is -0.512. The maximum absolute atomic E-state index is 13.9. The molecule has 766 valence electrons. The SMILES string of the molecule is CC(C)n1cccc1C(=O)N[C@@H](C)c1c(F)cccc1Cl.CC(C)n1cccc1C(=O)N[C@H](C)c1c(F)cccc1Cl.CC(NC(=O)c1cccn1C(C)C)c1c(F)cccc1Cl.CCn1c(Br)ccc1C(=O)NCc1c(F)cccc1Cl.[C-]#[N+]c1cc(C(=O)NCc2c(F)cccc2Cl)n(C)c1.[C-]#[N+]c1ccc(C(=O)NCc2c(F)cccc2Cl)n1C(C)C.[C-]#[N+]c1ccc(C(=O)NCc2c(F)cccc2Cl)n1CC. The lowest BCUT2D eigenvalue weighted by Crippen LogP contribution is -2.29. The number of carbonyl (C=O) groups excluding carboxylic acids is 7. The fraction of sp³-hybridized carbons (Fsp3) is 0.252. The van der Waals surface area contributed by atoms with Crippen LogP contribution in [0.4, 0.5) is 48.1 Å². The predicted octanol–water partition coefficient (Wildman–Crippen LogP) is 28.5. The molecule has 0 aliphatic heterocycles. The maximum atomic E-state index is 13.9. The first kappa shape index (κ1) is 118. The highest BCUT2D eigenvalue weighted by molar-refractivity contribution is 9.10. The Bertz CT molecular complexity index is 6610. The second-order valence-electron chi connectivity index (χ2n) is 33.4. The van der Waals surface area contributed by atoms with Crippen molar-refractivity contribution in [2.45, 2.75) is 172 Å². The summed E-state index contributed by atoms with van der Waals surface area (Å²) in [7, 11) is 1.67. The molecule has 3 atom stereocenters. The van der Waals surface area contributed by atoms with Gasteiger partial charge in [0.05, 0.1) is 47.6 Å². The number of amides is 7. The molecule has 0 aliphatic carbocycles. The molecule has 14 aromatic rings. The van der Waals surface area contributed by atoms with Crippen molar-refractivity contribution in [3.63, 3.8) is 0 Å². The smallest absolute Gasteiger partial charge is 0.289 e. The Morgan fingerprint density at radius 3 is 0.884 bits per heavy atom. The van der Waals surface area contributed by atoms with Crippen LogP contribution in [0.1, 0.15) is 245 Å². The lowest BCUT2D eigenvalue weighted by atomic mass is 10.1. The second-order valence-corrected chi connectivity index (χ2v) is 37.0. The summed E-state index contributed by atoms with van der Waals surface area (Å²) >= 11 is 45.1. The third-order valence-corrected chi connectivity index (χ3v) is 25.3. The van der Waals surface area contributed by atoms with E-state index in [-0.39, 0.29) is 129 Å². The zero-order valence-corrected chi connectivity index (χ0v) is 88.6. The van der Waals surface area contributed by atoms with Gasteiger partial charge in [-0.15, -0.1) is 0 Å². The zero-order valence-electron chi connectivity index (χ0n) is 81.7. The quantitative estimate of drug-likeness (QED) is 0.0193. The van der Waals surface area contributed by atoms with Gasteiger partial charge in [-0.3, -0.25) is 42.7 Å². The van der Waals surface area contributed by atoms with Crippen molar-refractivity contribution in [2.24, 2.45) is 7.05 Å². The third-order valence-electron chi connectivity index (χ3n) is 22.2. The van der Waals surface area contributed by atoms with Crippen molar-refractivity contribution in [1.82, 2.24) is 69.2 Å². The van der Waals surface area contributed by atoms with Crippen LogP contribution in [0.3, 0.4) is 0 Å². The number of benzene rings is 7. The van der Waals surface area contributed by atoms with Crippen LogP contribution in [0.25, 0.3) is 14.5 Å². The van der Waals surface area contributed by atoms with E-state index in [0.29, 0.717) is 107 Å². The fourth-order valence-corrected chi connectivity index (χ4v) is 17.4. The van der Waals surface area contributed by atoms with Gasteiger partial charge in [-0.25, -0.2) is 35.6 Å². The van der Waals surface area contributed by atoms with Crippen LogP contribution in [0.5, 0.6) is 0 Å². The van der Waals surface area contributed by atoms with Gasteiger partial charge in [-0.05, 0) is 270 Å². The minimum absolute atomic E-state index is 0.00736. The normalized spacial score (nSPS) is 11.3. The molecule has 0 saturated heterocycles. The van der Waals surface area contributed by atoms with Crippen molar-refractivity contribution in [2.75, 3.05) is 0 Å². The van der Waals surface area contributed by atoms with Gasteiger partial charge in [-0.2, -0.15) is 0 Å². The molecule has 0 radical (unpaired) electrons. The van der Waals surface area contributed by atoms with Crippen LogP contribution in [0, 0.1) is 60.4 Å². The van der Waals surface area contributed by atoms with E-state index in [9.17, 15) is 64.3 Å². The van der Waals surface area contributed by atoms with Crippen LogP contribution in [0.15, 0.2) is 236 Å². The van der Waals surface area contributed by atoms with E-state index in [1.165, 1.54) is 72.8 Å². The summed E-state index contributed by atoms with van der Waals surface area (Å²) in [5, 5.41) is 20.9. The van der Waals surface area contributed by atoms with E-state index in [1.54, 1.807) is 163 Å². The Morgan fingerprint density at radius 2 is 0.603 bits per heavy atom. The van der Waals surface area contributed by atoms with E-state index in [2.05, 4.69) is 67.7 Å². The molecule has 7 aromatic heterocycles. The van der Waals surface area contributed by atoms with Crippen molar-refractivity contribution >= 4 is 156 Å². The summed E-state index contributed by atoms with van der Waals surface area (Å²) < 4.78 is 109. The Labute approximate surface area is 886 Å². The van der Waals surface area contributed by atoms with E-state index in [4.69, 9.17) is 101 Å². The Hall–Kier alpha value is -13.7. The summed E-state index contributed by atoms with van der Waals surface area (Å²) in [6.07, 6.45) is 7.10. The molecule has 0 saturated carbocycles. The van der Waals surface area contributed by atoms with Crippen LogP contribution in [-0.4, -0.2) is 73.3 Å². The highest BCUT2D eigenvalue weighted by Gasteiger charge is 2.28. The number of aromatic nitrogens is 7. The van der Waals surface area contributed by atoms with Gasteiger partial charge < -0.3 is 69.7 Å². The van der Waals surface area contributed by atoms with Crippen molar-refractivity contribution in [3.05, 3.63) is 425 Å². The predicted molar refractivity (Wildman–Crippen MR) is 564 cm³/mol. The van der Waals surface area contributed by atoms with Gasteiger partial charge in [0, 0.05) is 157 Å².